The fourth-order valence-corrected chi connectivity index (χ4v) is 2.75. The number of ether oxygens (including phenoxy) is 1. The quantitative estimate of drug-likeness (QED) is 0.777. The van der Waals surface area contributed by atoms with Crippen molar-refractivity contribution in [1.29, 1.82) is 0 Å². The van der Waals surface area contributed by atoms with Gasteiger partial charge in [-0.3, -0.25) is 4.90 Å². The summed E-state index contributed by atoms with van der Waals surface area (Å²) in [7, 11) is 1.79. The van der Waals surface area contributed by atoms with Crippen molar-refractivity contribution in [3.63, 3.8) is 0 Å². The third-order valence-corrected chi connectivity index (χ3v) is 3.56. The second-order valence-corrected chi connectivity index (χ2v) is 5.64. The smallest absolute Gasteiger partial charge is 0.0641 e. The highest BCUT2D eigenvalue weighted by atomic mass is 16.5. The first kappa shape index (κ1) is 13.9. The van der Waals surface area contributed by atoms with Crippen LogP contribution < -0.4 is 5.32 Å². The first-order chi connectivity index (χ1) is 7.51. The molecular formula is C13H28N2O. The van der Waals surface area contributed by atoms with Crippen LogP contribution in [0.25, 0.3) is 0 Å². The molecule has 0 saturated carbocycles. The van der Waals surface area contributed by atoms with Crippen molar-refractivity contribution < 1.29 is 4.74 Å². The molecule has 3 heteroatoms. The summed E-state index contributed by atoms with van der Waals surface area (Å²) in [5.74, 6) is 0. The maximum Gasteiger partial charge on any atom is 0.0641 e. The van der Waals surface area contributed by atoms with Gasteiger partial charge in [-0.15, -0.1) is 0 Å². The fraction of sp³-hybridized carbons (Fsp3) is 1.00. The number of piperazine rings is 1. The van der Waals surface area contributed by atoms with Gasteiger partial charge in [0.25, 0.3) is 0 Å². The maximum atomic E-state index is 5.34. The van der Waals surface area contributed by atoms with E-state index in [1.54, 1.807) is 7.11 Å². The lowest BCUT2D eigenvalue weighted by atomic mass is 9.96. The van der Waals surface area contributed by atoms with E-state index < -0.39 is 0 Å². The van der Waals surface area contributed by atoms with E-state index in [0.717, 1.165) is 19.7 Å². The lowest BCUT2D eigenvalue weighted by Gasteiger charge is -2.47. The minimum absolute atomic E-state index is 0.141. The second kappa shape index (κ2) is 5.99. The van der Waals surface area contributed by atoms with Gasteiger partial charge in [-0.05, 0) is 27.2 Å². The van der Waals surface area contributed by atoms with Gasteiger partial charge in [0.2, 0.25) is 0 Å². The highest BCUT2D eigenvalue weighted by molar-refractivity contribution is 4.92. The Kier molecular flexibility index (Phi) is 5.22. The monoisotopic (exact) mass is 228 g/mol. The molecular weight excluding hydrogens is 200 g/mol. The highest BCUT2D eigenvalue weighted by Gasteiger charge is 2.34. The molecule has 1 heterocycles. The molecule has 0 bridgehead atoms. The molecule has 0 radical (unpaired) electrons. The number of methoxy groups -OCH3 is 1. The van der Waals surface area contributed by atoms with E-state index >= 15 is 0 Å². The molecule has 1 aliphatic heterocycles. The second-order valence-electron chi connectivity index (χ2n) is 5.64. The Balaban J connectivity index is 2.61. The molecule has 1 fully saturated rings. The number of hydrogen-bond acceptors (Lipinski definition) is 3. The summed E-state index contributed by atoms with van der Waals surface area (Å²) in [6, 6.07) is 1.25. The summed E-state index contributed by atoms with van der Waals surface area (Å²) in [4.78, 5) is 2.59. The Morgan fingerprint density at radius 1 is 1.44 bits per heavy atom. The van der Waals surface area contributed by atoms with Crippen molar-refractivity contribution in [3.05, 3.63) is 0 Å². The van der Waals surface area contributed by atoms with Crippen molar-refractivity contribution in [1.82, 2.24) is 10.2 Å². The topological polar surface area (TPSA) is 24.5 Å². The van der Waals surface area contributed by atoms with Gasteiger partial charge in [-0.2, -0.15) is 0 Å². The first-order valence-corrected chi connectivity index (χ1v) is 6.50. The normalized spacial score (nSPS) is 28.3. The molecule has 0 aliphatic carbocycles. The molecule has 1 aliphatic rings. The Labute approximate surface area is 101 Å². The van der Waals surface area contributed by atoms with Crippen LogP contribution in [0.2, 0.25) is 0 Å². The Morgan fingerprint density at radius 2 is 2.12 bits per heavy atom. The average molecular weight is 228 g/mol. The van der Waals surface area contributed by atoms with Gasteiger partial charge in [-0.25, -0.2) is 0 Å². The average Bonchev–Trinajstić information content (AvgIpc) is 2.21. The van der Waals surface area contributed by atoms with Gasteiger partial charge in [-0.1, -0.05) is 13.3 Å². The predicted molar refractivity (Wildman–Crippen MR) is 68.8 cm³/mol. The SMILES string of the molecule is CCCC1CN(C(C)(C)COC)C(C)CN1. The maximum absolute atomic E-state index is 5.34. The van der Waals surface area contributed by atoms with Crippen LogP contribution in [0, 0.1) is 0 Å². The van der Waals surface area contributed by atoms with Crippen molar-refractivity contribution in [2.24, 2.45) is 0 Å². The van der Waals surface area contributed by atoms with Crippen LogP contribution in [0.15, 0.2) is 0 Å². The molecule has 2 atom stereocenters. The molecule has 16 heavy (non-hydrogen) atoms. The van der Waals surface area contributed by atoms with Crippen molar-refractivity contribution >= 4 is 0 Å². The summed E-state index contributed by atoms with van der Waals surface area (Å²) in [6.07, 6.45) is 2.52. The molecule has 1 saturated heterocycles. The standard InChI is InChI=1S/C13H28N2O/c1-6-7-12-9-15(11(2)8-14-12)13(3,4)10-16-5/h11-12,14H,6-10H2,1-5H3. The van der Waals surface area contributed by atoms with Gasteiger partial charge >= 0.3 is 0 Å². The molecule has 2 unspecified atom stereocenters. The fourth-order valence-electron chi connectivity index (χ4n) is 2.75. The number of hydrogen-bond donors (Lipinski definition) is 1. The lowest BCUT2D eigenvalue weighted by Crippen LogP contribution is -2.63. The van der Waals surface area contributed by atoms with Crippen LogP contribution in [0.3, 0.4) is 0 Å². The van der Waals surface area contributed by atoms with Crippen LogP contribution in [0.1, 0.15) is 40.5 Å². The number of nitrogens with zero attached hydrogens (tertiary/aromatic N) is 1. The summed E-state index contributed by atoms with van der Waals surface area (Å²) in [5, 5.41) is 3.63. The van der Waals surface area contributed by atoms with Crippen LogP contribution >= 0.6 is 0 Å². The molecule has 0 amide bonds. The largest absolute Gasteiger partial charge is 0.383 e. The van der Waals surface area contributed by atoms with Gasteiger partial charge in [0.05, 0.1) is 6.61 Å². The van der Waals surface area contributed by atoms with Gasteiger partial charge < -0.3 is 10.1 Å². The van der Waals surface area contributed by atoms with Gasteiger partial charge in [0, 0.05) is 37.8 Å². The molecule has 96 valence electrons. The minimum atomic E-state index is 0.141. The third-order valence-electron chi connectivity index (χ3n) is 3.56. The highest BCUT2D eigenvalue weighted by Crippen LogP contribution is 2.22. The Bertz CT molecular complexity index is 206. The van der Waals surface area contributed by atoms with E-state index in [1.165, 1.54) is 12.8 Å². The van der Waals surface area contributed by atoms with Crippen LogP contribution in [-0.4, -0.2) is 49.3 Å². The predicted octanol–water partition coefficient (Wildman–Crippen LogP) is 1.87. The zero-order chi connectivity index (χ0) is 12.2. The summed E-state index contributed by atoms with van der Waals surface area (Å²) in [6.45, 7) is 12.2. The van der Waals surface area contributed by atoms with Gasteiger partial charge in [0.15, 0.2) is 0 Å². The molecule has 1 N–H and O–H groups in total. The Morgan fingerprint density at radius 3 is 2.69 bits per heavy atom. The molecule has 0 aromatic heterocycles. The van der Waals surface area contributed by atoms with E-state index in [1.807, 2.05) is 0 Å². The first-order valence-electron chi connectivity index (χ1n) is 6.50. The summed E-state index contributed by atoms with van der Waals surface area (Å²) < 4.78 is 5.34. The van der Waals surface area contributed by atoms with E-state index in [4.69, 9.17) is 4.74 Å². The van der Waals surface area contributed by atoms with Gasteiger partial charge in [0.1, 0.15) is 0 Å². The minimum Gasteiger partial charge on any atom is -0.383 e. The van der Waals surface area contributed by atoms with Crippen LogP contribution in [0.5, 0.6) is 0 Å². The van der Waals surface area contributed by atoms with Crippen molar-refractivity contribution in [2.45, 2.75) is 58.2 Å². The zero-order valence-electron chi connectivity index (χ0n) is 11.5. The van der Waals surface area contributed by atoms with Crippen LogP contribution in [-0.2, 0) is 4.74 Å². The molecule has 1 rings (SSSR count). The zero-order valence-corrected chi connectivity index (χ0v) is 11.5. The van der Waals surface area contributed by atoms with E-state index in [2.05, 4.69) is 37.9 Å². The van der Waals surface area contributed by atoms with Crippen LogP contribution in [0.4, 0.5) is 0 Å². The lowest BCUT2D eigenvalue weighted by molar-refractivity contribution is -0.0124. The van der Waals surface area contributed by atoms with E-state index in [0.29, 0.717) is 12.1 Å². The summed E-state index contributed by atoms with van der Waals surface area (Å²) >= 11 is 0. The van der Waals surface area contributed by atoms with E-state index in [9.17, 15) is 0 Å². The summed E-state index contributed by atoms with van der Waals surface area (Å²) in [5.41, 5.74) is 0.141. The Hall–Kier alpha value is -0.120. The number of nitrogens with one attached hydrogen (secondary N) is 1. The molecule has 3 nitrogen and oxygen atoms in total. The van der Waals surface area contributed by atoms with Crippen molar-refractivity contribution in [2.75, 3.05) is 26.8 Å². The van der Waals surface area contributed by atoms with Crippen molar-refractivity contribution in [3.8, 4) is 0 Å². The van der Waals surface area contributed by atoms with E-state index in [-0.39, 0.29) is 5.54 Å². The molecule has 0 spiro atoms. The molecule has 0 aromatic rings. The number of rotatable bonds is 5. The molecule has 0 aromatic carbocycles. The third kappa shape index (κ3) is 3.44.